The molecule has 1 saturated heterocycles. The number of aromatic nitrogens is 3. The fourth-order valence-electron chi connectivity index (χ4n) is 5.07. The molecule has 0 aliphatic carbocycles. The fraction of sp³-hybridized carbons (Fsp3) is 0.345. The maximum atomic E-state index is 13.2. The van der Waals surface area contributed by atoms with Crippen molar-refractivity contribution in [3.63, 3.8) is 0 Å². The van der Waals surface area contributed by atoms with Gasteiger partial charge >= 0.3 is 0 Å². The van der Waals surface area contributed by atoms with Crippen LogP contribution in [0.2, 0.25) is 0 Å². The lowest BCUT2D eigenvalue weighted by Crippen LogP contribution is -2.49. The Labute approximate surface area is 215 Å². The van der Waals surface area contributed by atoms with Crippen LogP contribution >= 0.6 is 0 Å². The second kappa shape index (κ2) is 10.2. The molecule has 0 unspecified atom stereocenters. The van der Waals surface area contributed by atoms with Crippen molar-refractivity contribution in [3.05, 3.63) is 89.1 Å². The number of ether oxygens (including phenoxy) is 1. The van der Waals surface area contributed by atoms with Gasteiger partial charge in [-0.15, -0.1) is 0 Å². The van der Waals surface area contributed by atoms with E-state index in [9.17, 15) is 14.7 Å². The Bertz CT molecular complexity index is 1450. The number of carbonyl (C=O) groups excluding carboxylic acids is 1. The zero-order valence-electron chi connectivity index (χ0n) is 21.2. The van der Waals surface area contributed by atoms with Crippen LogP contribution in [0.3, 0.4) is 0 Å². The number of rotatable bonds is 7. The summed E-state index contributed by atoms with van der Waals surface area (Å²) in [6.45, 7) is 3.13. The first kappa shape index (κ1) is 24.8. The van der Waals surface area contributed by atoms with Gasteiger partial charge < -0.3 is 19.3 Å². The van der Waals surface area contributed by atoms with Gasteiger partial charge in [-0.25, -0.2) is 4.98 Å². The average Bonchev–Trinajstić information content (AvgIpc) is 3.36. The van der Waals surface area contributed by atoms with Gasteiger partial charge in [-0.3, -0.25) is 14.2 Å². The molecule has 0 saturated carbocycles. The number of aliphatic hydroxyl groups is 1. The molecular weight excluding hydrogens is 468 g/mol. The van der Waals surface area contributed by atoms with Crippen LogP contribution in [0.1, 0.15) is 37.7 Å². The number of methoxy groups -OCH3 is 1. The summed E-state index contributed by atoms with van der Waals surface area (Å²) in [6.07, 6.45) is 4.57. The fourth-order valence-corrected chi connectivity index (χ4v) is 5.07. The lowest BCUT2D eigenvalue weighted by molar-refractivity contribution is -0.136. The first-order valence-electron chi connectivity index (χ1n) is 12.6. The van der Waals surface area contributed by atoms with Crippen molar-refractivity contribution < 1.29 is 14.6 Å². The molecule has 1 N–H and O–H groups in total. The number of amides is 1. The Kier molecular flexibility index (Phi) is 6.84. The summed E-state index contributed by atoms with van der Waals surface area (Å²) in [5.41, 5.74) is 1.27. The van der Waals surface area contributed by atoms with E-state index in [-0.39, 0.29) is 23.9 Å². The summed E-state index contributed by atoms with van der Waals surface area (Å²) in [5.74, 6) is 0.946. The van der Waals surface area contributed by atoms with E-state index in [0.29, 0.717) is 49.1 Å². The average molecular weight is 501 g/mol. The molecule has 4 aromatic rings. The predicted octanol–water partition coefficient (Wildman–Crippen LogP) is 3.74. The topological polar surface area (TPSA) is 89.6 Å². The number of hydrogen-bond donors (Lipinski definition) is 1. The van der Waals surface area contributed by atoms with Crippen LogP contribution in [-0.4, -0.2) is 55.8 Å². The van der Waals surface area contributed by atoms with Crippen molar-refractivity contribution in [1.82, 2.24) is 19.0 Å². The molecule has 2 aromatic carbocycles. The zero-order chi connectivity index (χ0) is 26.0. The molecule has 2 aromatic heterocycles. The summed E-state index contributed by atoms with van der Waals surface area (Å²) in [4.78, 5) is 32.5. The van der Waals surface area contributed by atoms with Crippen molar-refractivity contribution >= 4 is 16.9 Å². The van der Waals surface area contributed by atoms with E-state index in [2.05, 4.69) is 11.9 Å². The Hall–Kier alpha value is -3.91. The molecule has 0 spiro atoms. The molecule has 1 aliphatic heterocycles. The number of fused-ring (bicyclic) bond motifs is 1. The van der Waals surface area contributed by atoms with Crippen molar-refractivity contribution in [2.75, 3.05) is 20.2 Å². The number of nitrogens with zero attached hydrogens (tertiary/aromatic N) is 4. The summed E-state index contributed by atoms with van der Waals surface area (Å²) in [5, 5.41) is 11.8. The predicted molar refractivity (Wildman–Crippen MR) is 142 cm³/mol. The van der Waals surface area contributed by atoms with Crippen LogP contribution in [-0.2, 0) is 11.3 Å². The second-order valence-corrected chi connectivity index (χ2v) is 9.92. The van der Waals surface area contributed by atoms with Crippen LogP contribution in [0.15, 0.2) is 78.0 Å². The monoisotopic (exact) mass is 500 g/mol. The molecule has 1 atom stereocenters. The van der Waals surface area contributed by atoms with E-state index in [4.69, 9.17) is 4.74 Å². The quantitative estimate of drug-likeness (QED) is 0.418. The number of piperidine rings is 1. The SMILES string of the molecule is COc1cccc(-n2ccc3c(=O)n(CC4(O)CCN(C(=O)C[C@@H](C)c5ccccc5)CC4)cnc32)c1. The van der Waals surface area contributed by atoms with Crippen LogP contribution in [0.25, 0.3) is 16.7 Å². The van der Waals surface area contributed by atoms with E-state index in [1.807, 2.05) is 70.3 Å². The van der Waals surface area contributed by atoms with Gasteiger partial charge in [-0.2, -0.15) is 0 Å². The van der Waals surface area contributed by atoms with E-state index in [1.165, 1.54) is 10.9 Å². The summed E-state index contributed by atoms with van der Waals surface area (Å²) >= 11 is 0. The second-order valence-electron chi connectivity index (χ2n) is 9.92. The molecule has 3 heterocycles. The van der Waals surface area contributed by atoms with Gasteiger partial charge in [0.2, 0.25) is 5.91 Å². The molecule has 1 fully saturated rings. The smallest absolute Gasteiger partial charge is 0.262 e. The normalized spacial score (nSPS) is 16.0. The first-order valence-corrected chi connectivity index (χ1v) is 12.6. The zero-order valence-corrected chi connectivity index (χ0v) is 21.2. The molecule has 1 aliphatic rings. The first-order chi connectivity index (χ1) is 17.9. The number of benzene rings is 2. The molecule has 1 amide bonds. The highest BCUT2D eigenvalue weighted by atomic mass is 16.5. The molecule has 0 radical (unpaired) electrons. The molecule has 8 nitrogen and oxygen atoms in total. The molecule has 0 bridgehead atoms. The summed E-state index contributed by atoms with van der Waals surface area (Å²) < 4.78 is 8.64. The lowest BCUT2D eigenvalue weighted by atomic mass is 9.90. The van der Waals surface area contributed by atoms with Crippen LogP contribution < -0.4 is 10.3 Å². The number of carbonyl (C=O) groups is 1. The molecule has 5 rings (SSSR count). The van der Waals surface area contributed by atoms with Gasteiger partial charge in [0.15, 0.2) is 5.65 Å². The van der Waals surface area contributed by atoms with Gasteiger partial charge in [0.1, 0.15) is 12.1 Å². The third-order valence-corrected chi connectivity index (χ3v) is 7.36. The molecule has 37 heavy (non-hydrogen) atoms. The highest BCUT2D eigenvalue weighted by molar-refractivity contribution is 5.77. The van der Waals surface area contributed by atoms with Crippen molar-refractivity contribution in [3.8, 4) is 11.4 Å². The minimum atomic E-state index is -1.07. The van der Waals surface area contributed by atoms with E-state index < -0.39 is 5.60 Å². The number of hydrogen-bond acceptors (Lipinski definition) is 5. The maximum Gasteiger partial charge on any atom is 0.262 e. The van der Waals surface area contributed by atoms with Gasteiger partial charge in [-0.1, -0.05) is 43.3 Å². The minimum Gasteiger partial charge on any atom is -0.497 e. The standard InChI is InChI=1S/C29H32N4O4/c1-21(22-7-4-3-5-8-22)17-26(34)31-15-12-29(36,13-16-31)19-32-20-30-27-25(28(32)35)11-14-33(27)23-9-6-10-24(18-23)37-2/h3-11,14,18,20-21,36H,12-13,15-17,19H2,1-2H3/t21-/m1/s1. The Morgan fingerprint density at radius 3 is 2.59 bits per heavy atom. The summed E-state index contributed by atoms with van der Waals surface area (Å²) in [6, 6.07) is 19.3. The van der Waals surface area contributed by atoms with Crippen molar-refractivity contribution in [2.24, 2.45) is 0 Å². The Morgan fingerprint density at radius 2 is 1.86 bits per heavy atom. The van der Waals surface area contributed by atoms with E-state index in [1.54, 1.807) is 13.2 Å². The largest absolute Gasteiger partial charge is 0.497 e. The Balaban J connectivity index is 1.26. The van der Waals surface area contributed by atoms with Crippen molar-refractivity contribution in [1.29, 1.82) is 0 Å². The van der Waals surface area contributed by atoms with Gasteiger partial charge in [-0.05, 0) is 42.5 Å². The van der Waals surface area contributed by atoms with Gasteiger partial charge in [0, 0.05) is 31.8 Å². The highest BCUT2D eigenvalue weighted by Crippen LogP contribution is 2.27. The summed E-state index contributed by atoms with van der Waals surface area (Å²) in [7, 11) is 1.61. The van der Waals surface area contributed by atoms with Gasteiger partial charge in [0.25, 0.3) is 5.56 Å². The van der Waals surface area contributed by atoms with Crippen LogP contribution in [0.4, 0.5) is 0 Å². The molecule has 192 valence electrons. The lowest BCUT2D eigenvalue weighted by Gasteiger charge is -2.38. The number of likely N-dealkylation sites (tertiary alicyclic amines) is 1. The van der Waals surface area contributed by atoms with E-state index >= 15 is 0 Å². The third kappa shape index (κ3) is 5.15. The Morgan fingerprint density at radius 1 is 1.11 bits per heavy atom. The highest BCUT2D eigenvalue weighted by Gasteiger charge is 2.35. The maximum absolute atomic E-state index is 13.2. The van der Waals surface area contributed by atoms with Crippen molar-refractivity contribution in [2.45, 2.75) is 44.2 Å². The molecule has 8 heteroatoms. The van der Waals surface area contributed by atoms with Crippen LogP contribution in [0, 0.1) is 0 Å². The van der Waals surface area contributed by atoms with E-state index in [0.717, 1.165) is 11.3 Å². The van der Waals surface area contributed by atoms with Crippen LogP contribution in [0.5, 0.6) is 5.75 Å². The molecular formula is C29H32N4O4. The minimum absolute atomic E-state index is 0.0949. The third-order valence-electron chi connectivity index (χ3n) is 7.36. The van der Waals surface area contributed by atoms with Gasteiger partial charge in [0.05, 0.1) is 30.3 Å².